The minimum atomic E-state index is 0.708. The van der Waals surface area contributed by atoms with Crippen molar-refractivity contribution in [3.05, 3.63) is 23.1 Å². The predicted molar refractivity (Wildman–Crippen MR) is 77.0 cm³/mol. The summed E-state index contributed by atoms with van der Waals surface area (Å²) in [7, 11) is 5.61. The topological polar surface area (TPSA) is 66.1 Å². The summed E-state index contributed by atoms with van der Waals surface area (Å²) >= 11 is 1.64. The predicted octanol–water partition coefficient (Wildman–Crippen LogP) is 1.27. The summed E-state index contributed by atoms with van der Waals surface area (Å²) in [6.45, 7) is 1.63. The van der Waals surface area contributed by atoms with Crippen molar-refractivity contribution in [3.63, 3.8) is 0 Å². The monoisotopic (exact) mass is 281 g/mol. The lowest BCUT2D eigenvalue weighted by atomic mass is 10.4. The van der Waals surface area contributed by atoms with Crippen molar-refractivity contribution >= 4 is 16.5 Å². The van der Waals surface area contributed by atoms with Gasteiger partial charge in [-0.3, -0.25) is 0 Å². The lowest BCUT2D eigenvalue weighted by Gasteiger charge is -2.05. The van der Waals surface area contributed by atoms with Crippen LogP contribution >= 0.6 is 11.3 Å². The van der Waals surface area contributed by atoms with Crippen LogP contribution in [0.2, 0.25) is 0 Å². The van der Waals surface area contributed by atoms with Crippen molar-refractivity contribution in [3.8, 4) is 5.88 Å². The highest BCUT2D eigenvalue weighted by Gasteiger charge is 2.12. The Morgan fingerprint density at radius 1 is 1.47 bits per heavy atom. The smallest absolute Gasteiger partial charge is 0.230 e. The van der Waals surface area contributed by atoms with Gasteiger partial charge >= 0.3 is 0 Å². The first-order chi connectivity index (χ1) is 9.20. The summed E-state index contributed by atoms with van der Waals surface area (Å²) in [5.74, 6) is 1.71. The molecule has 2 aromatic heterocycles. The number of rotatable bonds is 7. The maximum atomic E-state index is 5.29. The van der Waals surface area contributed by atoms with Crippen molar-refractivity contribution in [2.45, 2.75) is 13.0 Å². The van der Waals surface area contributed by atoms with Gasteiger partial charge in [0.25, 0.3) is 0 Å². The molecule has 0 aliphatic heterocycles. The van der Waals surface area contributed by atoms with Crippen LogP contribution in [-0.4, -0.2) is 42.7 Å². The molecule has 0 amide bonds. The zero-order valence-electron chi connectivity index (χ0n) is 11.4. The number of thiazole rings is 1. The van der Waals surface area contributed by atoms with Crippen LogP contribution in [0.15, 0.2) is 12.4 Å². The van der Waals surface area contributed by atoms with Crippen LogP contribution in [0, 0.1) is 0 Å². The molecular formula is C12H19N5OS. The first-order valence-electron chi connectivity index (χ1n) is 6.10. The van der Waals surface area contributed by atoms with Crippen LogP contribution in [0.3, 0.4) is 0 Å². The fourth-order valence-electron chi connectivity index (χ4n) is 1.63. The molecule has 0 aliphatic rings. The molecule has 0 atom stereocenters. The first kappa shape index (κ1) is 13.8. The average Bonchev–Trinajstić information content (AvgIpc) is 3.03. The molecule has 2 rings (SSSR count). The third-order valence-corrected chi connectivity index (χ3v) is 3.81. The lowest BCUT2D eigenvalue weighted by Crippen LogP contribution is -2.16. The van der Waals surface area contributed by atoms with Crippen LogP contribution < -0.4 is 15.0 Å². The first-order valence-corrected chi connectivity index (χ1v) is 6.92. The van der Waals surface area contributed by atoms with E-state index in [1.165, 1.54) is 0 Å². The van der Waals surface area contributed by atoms with E-state index in [2.05, 4.69) is 20.3 Å². The fraction of sp³-hybridized carbons (Fsp3) is 0.500. The van der Waals surface area contributed by atoms with Crippen LogP contribution in [0.1, 0.15) is 10.7 Å². The van der Waals surface area contributed by atoms with Gasteiger partial charge in [0.2, 0.25) is 5.88 Å². The minimum absolute atomic E-state index is 0.708. The molecule has 7 heteroatoms. The molecule has 0 saturated carbocycles. The number of hydrogen-bond donors (Lipinski definition) is 2. The van der Waals surface area contributed by atoms with Crippen molar-refractivity contribution in [1.29, 1.82) is 0 Å². The maximum Gasteiger partial charge on any atom is 0.230 e. The second-order valence-electron chi connectivity index (χ2n) is 4.29. The van der Waals surface area contributed by atoms with Gasteiger partial charge in [0.1, 0.15) is 5.82 Å². The van der Waals surface area contributed by atoms with Crippen molar-refractivity contribution in [2.75, 3.05) is 32.6 Å². The van der Waals surface area contributed by atoms with Crippen LogP contribution in [0.25, 0.3) is 0 Å². The van der Waals surface area contributed by atoms with Gasteiger partial charge in [-0.15, -0.1) is 0 Å². The fourth-order valence-corrected chi connectivity index (χ4v) is 2.55. The van der Waals surface area contributed by atoms with Gasteiger partial charge in [-0.25, -0.2) is 4.98 Å². The second-order valence-corrected chi connectivity index (χ2v) is 5.35. The number of aromatic amines is 1. The molecule has 0 aromatic carbocycles. The molecule has 0 spiro atoms. The SMILES string of the molecule is COc1nc(N(C)C)sc1CNCCc1ncc[nH]1. The summed E-state index contributed by atoms with van der Waals surface area (Å²) in [6, 6.07) is 0. The summed E-state index contributed by atoms with van der Waals surface area (Å²) < 4.78 is 5.29. The van der Waals surface area contributed by atoms with Gasteiger partial charge in [0.05, 0.1) is 12.0 Å². The summed E-state index contributed by atoms with van der Waals surface area (Å²) in [5, 5.41) is 4.34. The summed E-state index contributed by atoms with van der Waals surface area (Å²) in [4.78, 5) is 14.8. The highest BCUT2D eigenvalue weighted by molar-refractivity contribution is 7.15. The van der Waals surface area contributed by atoms with E-state index in [0.717, 1.165) is 35.3 Å². The normalized spacial score (nSPS) is 10.7. The zero-order valence-corrected chi connectivity index (χ0v) is 12.3. The van der Waals surface area contributed by atoms with Gasteiger partial charge in [-0.1, -0.05) is 11.3 Å². The third kappa shape index (κ3) is 3.68. The van der Waals surface area contributed by atoms with Crippen LogP contribution in [0.4, 0.5) is 5.13 Å². The third-order valence-electron chi connectivity index (χ3n) is 2.61. The molecule has 0 aliphatic carbocycles. The second kappa shape index (κ2) is 6.53. The van der Waals surface area contributed by atoms with Crippen LogP contribution in [-0.2, 0) is 13.0 Å². The number of ether oxygens (including phenoxy) is 1. The van der Waals surface area contributed by atoms with Gasteiger partial charge in [-0.05, 0) is 0 Å². The molecule has 0 unspecified atom stereocenters. The Morgan fingerprint density at radius 3 is 2.95 bits per heavy atom. The Labute approximate surface area is 116 Å². The average molecular weight is 281 g/mol. The number of aromatic nitrogens is 3. The summed E-state index contributed by atoms with van der Waals surface area (Å²) in [5.41, 5.74) is 0. The van der Waals surface area contributed by atoms with E-state index < -0.39 is 0 Å². The van der Waals surface area contributed by atoms with Crippen molar-refractivity contribution in [1.82, 2.24) is 20.3 Å². The largest absolute Gasteiger partial charge is 0.480 e. The van der Waals surface area contributed by atoms with Gasteiger partial charge in [-0.2, -0.15) is 4.98 Å². The number of imidazole rings is 1. The Morgan fingerprint density at radius 2 is 2.32 bits per heavy atom. The Balaban J connectivity index is 1.84. The van der Waals surface area contributed by atoms with E-state index in [1.807, 2.05) is 25.2 Å². The number of hydrogen-bond acceptors (Lipinski definition) is 6. The minimum Gasteiger partial charge on any atom is -0.480 e. The molecule has 6 nitrogen and oxygen atoms in total. The van der Waals surface area contributed by atoms with E-state index in [0.29, 0.717) is 5.88 Å². The molecule has 0 fully saturated rings. The number of methoxy groups -OCH3 is 1. The maximum absolute atomic E-state index is 5.29. The number of anilines is 1. The van der Waals surface area contributed by atoms with E-state index in [9.17, 15) is 0 Å². The molecule has 2 N–H and O–H groups in total. The lowest BCUT2D eigenvalue weighted by molar-refractivity contribution is 0.395. The Kier molecular flexibility index (Phi) is 4.75. The molecule has 0 bridgehead atoms. The molecule has 2 heterocycles. The Bertz CT molecular complexity index is 494. The van der Waals surface area contributed by atoms with E-state index in [4.69, 9.17) is 4.74 Å². The number of nitrogens with one attached hydrogen (secondary N) is 2. The number of H-pyrrole nitrogens is 1. The number of nitrogens with zero attached hydrogens (tertiary/aromatic N) is 3. The van der Waals surface area contributed by atoms with E-state index >= 15 is 0 Å². The highest BCUT2D eigenvalue weighted by Crippen LogP contribution is 2.30. The standard InChI is InChI=1S/C12H19N5OS/c1-17(2)12-16-11(18-3)9(19-12)8-13-5-4-10-14-6-7-15-10/h6-7,13H,4-5,8H2,1-3H3,(H,14,15). The van der Waals surface area contributed by atoms with Gasteiger partial charge < -0.3 is 19.9 Å². The van der Waals surface area contributed by atoms with Gasteiger partial charge in [0, 0.05) is 46.0 Å². The quantitative estimate of drug-likeness (QED) is 0.748. The molecule has 0 radical (unpaired) electrons. The highest BCUT2D eigenvalue weighted by atomic mass is 32.1. The molecule has 19 heavy (non-hydrogen) atoms. The summed E-state index contributed by atoms with van der Waals surface area (Å²) in [6.07, 6.45) is 4.49. The van der Waals surface area contributed by atoms with Crippen molar-refractivity contribution in [2.24, 2.45) is 0 Å². The molecule has 104 valence electrons. The zero-order chi connectivity index (χ0) is 13.7. The molecular weight excluding hydrogens is 262 g/mol. The molecule has 2 aromatic rings. The van der Waals surface area contributed by atoms with E-state index in [-0.39, 0.29) is 0 Å². The van der Waals surface area contributed by atoms with Crippen LogP contribution in [0.5, 0.6) is 5.88 Å². The molecule has 0 saturated heterocycles. The van der Waals surface area contributed by atoms with E-state index in [1.54, 1.807) is 24.6 Å². The van der Waals surface area contributed by atoms with Gasteiger partial charge in [0.15, 0.2) is 5.13 Å². The Hall–Kier alpha value is -1.60. The van der Waals surface area contributed by atoms with Crippen molar-refractivity contribution < 1.29 is 4.74 Å².